The largest absolute Gasteiger partial charge is 0.390 e. The van der Waals surface area contributed by atoms with Crippen LogP contribution in [0.2, 0.25) is 0 Å². The summed E-state index contributed by atoms with van der Waals surface area (Å²) in [6.45, 7) is 1.92. The Bertz CT molecular complexity index is 742. The Kier molecular flexibility index (Phi) is 3.22. The van der Waals surface area contributed by atoms with Crippen molar-refractivity contribution in [2.24, 2.45) is 35.5 Å². The number of hydrogen-bond acceptors (Lipinski definition) is 2. The molecule has 4 saturated carbocycles. The molecule has 5 aliphatic carbocycles. The molecule has 1 heterocycles. The summed E-state index contributed by atoms with van der Waals surface area (Å²) >= 11 is 0. The molecule has 3 unspecified atom stereocenters. The molecule has 138 valence electrons. The Balaban J connectivity index is 1.20. The van der Waals surface area contributed by atoms with E-state index in [2.05, 4.69) is 29.2 Å². The lowest BCUT2D eigenvalue weighted by molar-refractivity contribution is -0.158. The minimum absolute atomic E-state index is 0.214. The van der Waals surface area contributed by atoms with E-state index in [4.69, 9.17) is 0 Å². The molecule has 7 atom stereocenters. The number of fused-ring (bicyclic) bond motifs is 2. The van der Waals surface area contributed by atoms with E-state index in [-0.39, 0.29) is 11.5 Å². The Morgan fingerprint density at radius 3 is 2.38 bits per heavy atom. The molecule has 1 aromatic carbocycles. The molecule has 6 aliphatic rings. The van der Waals surface area contributed by atoms with Gasteiger partial charge in [-0.25, -0.2) is 0 Å². The lowest BCUT2D eigenvalue weighted by Crippen LogP contribution is -2.56. The maximum Gasteiger partial charge on any atom is 0.226 e. The second-order valence-electron chi connectivity index (χ2n) is 10.1. The molecule has 0 aromatic heterocycles. The Morgan fingerprint density at radius 1 is 1.00 bits per heavy atom. The lowest BCUT2D eigenvalue weighted by Gasteiger charge is -2.58. The molecule has 1 saturated heterocycles. The smallest absolute Gasteiger partial charge is 0.226 e. The number of carbonyl (C=O) groups excluding carboxylic acids is 1. The van der Waals surface area contributed by atoms with Gasteiger partial charge in [-0.1, -0.05) is 24.3 Å². The van der Waals surface area contributed by atoms with Crippen LogP contribution >= 0.6 is 0 Å². The van der Waals surface area contributed by atoms with E-state index in [1.807, 2.05) is 0 Å². The summed E-state index contributed by atoms with van der Waals surface area (Å²) in [6.07, 6.45) is 7.62. The van der Waals surface area contributed by atoms with Gasteiger partial charge in [0.15, 0.2) is 0 Å². The molecule has 5 fully saturated rings. The predicted octanol–water partition coefficient (Wildman–Crippen LogP) is 3.05. The van der Waals surface area contributed by atoms with Crippen LogP contribution in [0, 0.1) is 35.5 Å². The van der Waals surface area contributed by atoms with Crippen LogP contribution in [0.4, 0.5) is 0 Å². The van der Waals surface area contributed by atoms with Gasteiger partial charge in [-0.15, -0.1) is 0 Å². The van der Waals surface area contributed by atoms with E-state index >= 15 is 0 Å². The van der Waals surface area contributed by atoms with E-state index < -0.39 is 0 Å². The minimum Gasteiger partial charge on any atom is -0.390 e. The first-order chi connectivity index (χ1) is 12.6. The van der Waals surface area contributed by atoms with Gasteiger partial charge in [0.05, 0.1) is 5.60 Å². The molecule has 4 bridgehead atoms. The second-order valence-corrected chi connectivity index (χ2v) is 10.1. The van der Waals surface area contributed by atoms with Gasteiger partial charge in [0.1, 0.15) is 0 Å². The van der Waals surface area contributed by atoms with Crippen molar-refractivity contribution in [3.63, 3.8) is 0 Å². The fourth-order valence-corrected chi connectivity index (χ4v) is 7.68. The van der Waals surface area contributed by atoms with Gasteiger partial charge >= 0.3 is 0 Å². The number of amides is 1. The molecule has 1 N–H and O–H groups in total. The topological polar surface area (TPSA) is 40.5 Å². The third kappa shape index (κ3) is 2.25. The maximum absolute atomic E-state index is 13.2. The zero-order chi connectivity index (χ0) is 17.5. The fourth-order valence-electron chi connectivity index (χ4n) is 7.68. The highest BCUT2D eigenvalue weighted by molar-refractivity contribution is 5.82. The number of rotatable bonds is 2. The first kappa shape index (κ1) is 15.7. The maximum atomic E-state index is 13.2. The number of likely N-dealkylation sites (tertiary alicyclic amines) is 1. The first-order valence-corrected chi connectivity index (χ1v) is 10.7. The number of benzene rings is 1. The molecule has 0 spiro atoms. The molecule has 26 heavy (non-hydrogen) atoms. The molecule has 1 aromatic rings. The molecule has 3 nitrogen and oxygen atoms in total. The monoisotopic (exact) mass is 351 g/mol. The van der Waals surface area contributed by atoms with Crippen molar-refractivity contribution in [2.75, 3.05) is 13.1 Å². The summed E-state index contributed by atoms with van der Waals surface area (Å²) in [7, 11) is 0. The van der Waals surface area contributed by atoms with Gasteiger partial charge in [0.25, 0.3) is 0 Å². The highest BCUT2D eigenvalue weighted by atomic mass is 16.3. The van der Waals surface area contributed by atoms with Crippen molar-refractivity contribution in [1.82, 2.24) is 4.90 Å². The molecular weight excluding hydrogens is 322 g/mol. The van der Waals surface area contributed by atoms with Gasteiger partial charge in [-0.3, -0.25) is 4.79 Å². The predicted molar refractivity (Wildman–Crippen MR) is 99.4 cm³/mol. The second kappa shape index (κ2) is 5.34. The van der Waals surface area contributed by atoms with E-state index in [1.165, 1.54) is 24.0 Å². The third-order valence-electron chi connectivity index (χ3n) is 8.56. The normalized spacial score (nSPS) is 45.7. The van der Waals surface area contributed by atoms with Crippen molar-refractivity contribution in [3.05, 3.63) is 35.4 Å². The molecular formula is C23H29NO2. The number of carbonyl (C=O) groups is 1. The zero-order valence-corrected chi connectivity index (χ0v) is 15.4. The molecule has 7 rings (SSSR count). The molecule has 1 amide bonds. The quantitative estimate of drug-likeness (QED) is 0.890. The third-order valence-corrected chi connectivity index (χ3v) is 8.56. The summed E-state index contributed by atoms with van der Waals surface area (Å²) in [6, 6.07) is 8.69. The highest BCUT2D eigenvalue weighted by Gasteiger charge is 2.55. The van der Waals surface area contributed by atoms with E-state index in [0.717, 1.165) is 51.1 Å². The average molecular weight is 351 g/mol. The Labute approximate surface area is 155 Å². The van der Waals surface area contributed by atoms with E-state index in [0.29, 0.717) is 29.6 Å². The number of aliphatic hydroxyl groups is 1. The van der Waals surface area contributed by atoms with Crippen molar-refractivity contribution in [1.29, 1.82) is 0 Å². The first-order valence-electron chi connectivity index (χ1n) is 10.7. The van der Waals surface area contributed by atoms with Gasteiger partial charge < -0.3 is 10.0 Å². The summed E-state index contributed by atoms with van der Waals surface area (Å²) in [5, 5.41) is 10.8. The summed E-state index contributed by atoms with van der Waals surface area (Å²) < 4.78 is 0. The van der Waals surface area contributed by atoms with Crippen molar-refractivity contribution < 1.29 is 9.90 Å². The highest BCUT2D eigenvalue weighted by Crippen LogP contribution is 2.58. The number of nitrogens with zero attached hydrogens (tertiary/aromatic N) is 1. The van der Waals surface area contributed by atoms with Gasteiger partial charge in [0.2, 0.25) is 5.91 Å². The lowest BCUT2D eigenvalue weighted by atomic mass is 9.50. The standard InChI is InChI=1S/C23H29NO2/c25-22-20-8-16-4-2-1-3-15(16)7-19(20)12-24(22)13-21-17-5-14-6-18(21)11-23(26,9-14)10-17/h1-4,14,17-21,26H,5-13H2/t14?,17-,18+,19-,20-,21?,23?/m0/s1. The van der Waals surface area contributed by atoms with Crippen LogP contribution in [0.3, 0.4) is 0 Å². The van der Waals surface area contributed by atoms with Crippen LogP contribution < -0.4 is 0 Å². The zero-order valence-electron chi connectivity index (χ0n) is 15.4. The number of hydrogen-bond donors (Lipinski definition) is 1. The van der Waals surface area contributed by atoms with E-state index in [1.54, 1.807) is 0 Å². The fraction of sp³-hybridized carbons (Fsp3) is 0.696. The summed E-state index contributed by atoms with van der Waals surface area (Å²) in [4.78, 5) is 15.4. The molecule has 0 radical (unpaired) electrons. The van der Waals surface area contributed by atoms with Crippen LogP contribution in [0.1, 0.15) is 43.2 Å². The van der Waals surface area contributed by atoms with E-state index in [9.17, 15) is 9.90 Å². The molecule has 1 aliphatic heterocycles. The van der Waals surface area contributed by atoms with Crippen molar-refractivity contribution >= 4 is 5.91 Å². The summed E-state index contributed by atoms with van der Waals surface area (Å²) in [5.41, 5.74) is 2.48. The van der Waals surface area contributed by atoms with Gasteiger partial charge in [-0.05, 0) is 85.7 Å². The van der Waals surface area contributed by atoms with Crippen LogP contribution in [0.25, 0.3) is 0 Å². The van der Waals surface area contributed by atoms with Crippen molar-refractivity contribution in [2.45, 2.75) is 50.5 Å². The minimum atomic E-state index is -0.363. The van der Waals surface area contributed by atoms with Crippen LogP contribution in [0.15, 0.2) is 24.3 Å². The Morgan fingerprint density at radius 2 is 1.69 bits per heavy atom. The molecule has 3 heteroatoms. The SMILES string of the molecule is O=C1[C@H]2Cc3ccccc3C[C@H]2CN1CC1[C@@H]2CC3C[C@H]1CC(O)(C3)C2. The van der Waals surface area contributed by atoms with Gasteiger partial charge in [-0.2, -0.15) is 0 Å². The van der Waals surface area contributed by atoms with Crippen LogP contribution in [-0.2, 0) is 17.6 Å². The Hall–Kier alpha value is -1.35. The van der Waals surface area contributed by atoms with Crippen LogP contribution in [-0.4, -0.2) is 34.6 Å². The average Bonchev–Trinajstić information content (AvgIpc) is 2.90. The summed E-state index contributed by atoms with van der Waals surface area (Å²) in [5.74, 6) is 3.83. The van der Waals surface area contributed by atoms with Crippen molar-refractivity contribution in [3.8, 4) is 0 Å². The van der Waals surface area contributed by atoms with Crippen LogP contribution in [0.5, 0.6) is 0 Å². The van der Waals surface area contributed by atoms with Gasteiger partial charge in [0, 0.05) is 19.0 Å².